The monoisotopic (exact) mass is 467 g/mol. The summed E-state index contributed by atoms with van der Waals surface area (Å²) in [6.45, 7) is 5.92. The largest absolute Gasteiger partial charge is 0.475 e. The Bertz CT molecular complexity index is 1140. The quantitative estimate of drug-likeness (QED) is 0.473. The summed E-state index contributed by atoms with van der Waals surface area (Å²) in [5.74, 6) is 0.515. The topological polar surface area (TPSA) is 123 Å². The molecule has 9 heteroatoms. The highest BCUT2D eigenvalue weighted by molar-refractivity contribution is 7.15. The molecule has 174 valence electrons. The molecule has 0 bridgehead atoms. The number of amides is 1. The number of thiazole rings is 1. The minimum Gasteiger partial charge on any atom is -0.475 e. The summed E-state index contributed by atoms with van der Waals surface area (Å²) in [5.41, 5.74) is 7.33. The molecule has 8 nitrogen and oxygen atoms in total. The maximum atomic E-state index is 11.5. The number of aromatic nitrogens is 3. The average molecular weight is 468 g/mol. The highest BCUT2D eigenvalue weighted by Gasteiger charge is 2.38. The van der Waals surface area contributed by atoms with Crippen LogP contribution >= 0.6 is 11.3 Å². The Hall–Kier alpha value is -3.04. The van der Waals surface area contributed by atoms with Gasteiger partial charge >= 0.3 is 0 Å². The van der Waals surface area contributed by atoms with Gasteiger partial charge in [-0.3, -0.25) is 4.79 Å². The molecule has 4 N–H and O–H groups in total. The van der Waals surface area contributed by atoms with Gasteiger partial charge in [0.05, 0.1) is 11.0 Å². The van der Waals surface area contributed by atoms with E-state index in [1.807, 2.05) is 32.9 Å². The number of benzene rings is 1. The fourth-order valence-corrected chi connectivity index (χ4v) is 5.10. The SMILES string of the molecule is Cc1cc(Nc2nccc(OC(C)C)n2)cc(-c2cnc(C3(O)CCC(C(N)=O)CC3)s2)c1. The normalized spacial score (nSPS) is 20.6. The first-order valence-corrected chi connectivity index (χ1v) is 11.9. The predicted molar refractivity (Wildman–Crippen MR) is 128 cm³/mol. The summed E-state index contributed by atoms with van der Waals surface area (Å²) in [6, 6.07) is 7.84. The summed E-state index contributed by atoms with van der Waals surface area (Å²) >= 11 is 1.48. The molecule has 0 atom stereocenters. The van der Waals surface area contributed by atoms with Crippen LogP contribution in [0.4, 0.5) is 11.6 Å². The first kappa shape index (κ1) is 23.1. The van der Waals surface area contributed by atoms with Gasteiger partial charge in [0, 0.05) is 30.1 Å². The fourth-order valence-electron chi connectivity index (χ4n) is 4.05. The molecule has 0 unspecified atom stereocenters. The number of nitrogens with one attached hydrogen (secondary N) is 1. The van der Waals surface area contributed by atoms with E-state index >= 15 is 0 Å². The van der Waals surface area contributed by atoms with Crippen molar-refractivity contribution in [3.63, 3.8) is 0 Å². The zero-order chi connectivity index (χ0) is 23.6. The number of hydrogen-bond donors (Lipinski definition) is 3. The number of carbonyl (C=O) groups excluding carboxylic acids is 1. The lowest BCUT2D eigenvalue weighted by atomic mass is 9.79. The Balaban J connectivity index is 1.53. The molecule has 1 amide bonds. The molecule has 1 aliphatic carbocycles. The van der Waals surface area contributed by atoms with Gasteiger partial charge < -0.3 is 20.9 Å². The smallest absolute Gasteiger partial charge is 0.230 e. The number of aryl methyl sites for hydroxylation is 1. The van der Waals surface area contributed by atoms with E-state index in [9.17, 15) is 9.90 Å². The number of primary amides is 1. The van der Waals surface area contributed by atoms with Gasteiger partial charge in [0.15, 0.2) is 0 Å². The van der Waals surface area contributed by atoms with Crippen molar-refractivity contribution in [1.82, 2.24) is 15.0 Å². The van der Waals surface area contributed by atoms with Crippen LogP contribution in [0.2, 0.25) is 0 Å². The predicted octanol–water partition coefficient (Wildman–Crippen LogP) is 4.30. The van der Waals surface area contributed by atoms with Crippen LogP contribution in [0.3, 0.4) is 0 Å². The van der Waals surface area contributed by atoms with E-state index in [0.717, 1.165) is 21.7 Å². The van der Waals surface area contributed by atoms with Gasteiger partial charge in [-0.1, -0.05) is 6.07 Å². The summed E-state index contributed by atoms with van der Waals surface area (Å²) < 4.78 is 5.65. The van der Waals surface area contributed by atoms with Gasteiger partial charge in [-0.15, -0.1) is 11.3 Å². The lowest BCUT2D eigenvalue weighted by Gasteiger charge is -2.33. The van der Waals surface area contributed by atoms with Crippen LogP contribution in [0.5, 0.6) is 5.88 Å². The molecule has 3 aromatic rings. The lowest BCUT2D eigenvalue weighted by Crippen LogP contribution is -2.35. The van der Waals surface area contributed by atoms with Crippen molar-refractivity contribution in [1.29, 1.82) is 0 Å². The first-order chi connectivity index (χ1) is 15.7. The van der Waals surface area contributed by atoms with Crippen molar-refractivity contribution in [3.05, 3.63) is 47.2 Å². The highest BCUT2D eigenvalue weighted by atomic mass is 32.1. The fraction of sp³-hybridized carbons (Fsp3) is 0.417. The maximum absolute atomic E-state index is 11.5. The molecule has 1 fully saturated rings. The first-order valence-electron chi connectivity index (χ1n) is 11.1. The molecular weight excluding hydrogens is 438 g/mol. The summed E-state index contributed by atoms with van der Waals surface area (Å²) in [4.78, 5) is 25.6. The average Bonchev–Trinajstić information content (AvgIpc) is 3.25. The Morgan fingerprint density at radius 2 is 2.03 bits per heavy atom. The minimum atomic E-state index is -1.01. The molecule has 0 saturated heterocycles. The van der Waals surface area contributed by atoms with E-state index in [0.29, 0.717) is 42.5 Å². The Morgan fingerprint density at radius 1 is 1.27 bits per heavy atom. The molecule has 0 spiro atoms. The Labute approximate surface area is 197 Å². The third-order valence-corrected chi connectivity index (χ3v) is 6.96. The third kappa shape index (κ3) is 5.48. The third-order valence-electron chi connectivity index (χ3n) is 5.72. The molecule has 1 aromatic carbocycles. The van der Waals surface area contributed by atoms with E-state index in [-0.39, 0.29) is 17.9 Å². The van der Waals surface area contributed by atoms with E-state index in [1.165, 1.54) is 11.3 Å². The van der Waals surface area contributed by atoms with Crippen molar-refractivity contribution < 1.29 is 14.6 Å². The van der Waals surface area contributed by atoms with Crippen molar-refractivity contribution in [2.75, 3.05) is 5.32 Å². The number of nitrogens with zero attached hydrogens (tertiary/aromatic N) is 3. The Morgan fingerprint density at radius 3 is 2.73 bits per heavy atom. The van der Waals surface area contributed by atoms with Crippen LogP contribution in [-0.2, 0) is 10.4 Å². The van der Waals surface area contributed by atoms with Crippen LogP contribution in [0.25, 0.3) is 10.4 Å². The number of hydrogen-bond acceptors (Lipinski definition) is 8. The zero-order valence-electron chi connectivity index (χ0n) is 19.0. The standard InChI is InChI=1S/C24H29N5O3S/c1-14(2)32-20-6-9-26-23(29-20)28-18-11-15(3)10-17(12-18)19-13-27-22(33-19)24(31)7-4-16(5-8-24)21(25)30/h6,9-14,16,31H,4-5,7-8H2,1-3H3,(H2,25,30)(H,26,28,29). The van der Waals surface area contributed by atoms with Crippen LogP contribution in [0.1, 0.15) is 50.1 Å². The van der Waals surface area contributed by atoms with E-state index in [4.69, 9.17) is 10.5 Å². The zero-order valence-corrected chi connectivity index (χ0v) is 19.9. The van der Waals surface area contributed by atoms with E-state index in [2.05, 4.69) is 26.3 Å². The van der Waals surface area contributed by atoms with Crippen molar-refractivity contribution in [3.8, 4) is 16.3 Å². The molecule has 33 heavy (non-hydrogen) atoms. The molecule has 0 aliphatic heterocycles. The van der Waals surface area contributed by atoms with Gasteiger partial charge in [0.1, 0.15) is 10.6 Å². The number of ether oxygens (including phenoxy) is 1. The highest BCUT2D eigenvalue weighted by Crippen LogP contribution is 2.42. The molecule has 0 radical (unpaired) electrons. The maximum Gasteiger partial charge on any atom is 0.230 e. The van der Waals surface area contributed by atoms with Crippen LogP contribution in [0.15, 0.2) is 36.7 Å². The molecule has 2 aromatic heterocycles. The van der Waals surface area contributed by atoms with Crippen molar-refractivity contribution >= 4 is 28.9 Å². The molecule has 2 heterocycles. The van der Waals surface area contributed by atoms with Crippen LogP contribution < -0.4 is 15.8 Å². The molecule has 1 saturated carbocycles. The Kier molecular flexibility index (Phi) is 6.62. The molecule has 1 aliphatic rings. The number of anilines is 2. The summed E-state index contributed by atoms with van der Waals surface area (Å²) in [5, 5.41) is 15.1. The molecular formula is C24H29N5O3S. The van der Waals surface area contributed by atoms with Gasteiger partial charge in [0.25, 0.3) is 0 Å². The van der Waals surface area contributed by atoms with E-state index in [1.54, 1.807) is 18.5 Å². The summed E-state index contributed by atoms with van der Waals surface area (Å²) in [6.07, 6.45) is 5.62. The van der Waals surface area contributed by atoms with Gasteiger partial charge in [-0.25, -0.2) is 9.97 Å². The van der Waals surface area contributed by atoms with Crippen LogP contribution in [0, 0.1) is 12.8 Å². The number of carbonyl (C=O) groups is 1. The van der Waals surface area contributed by atoms with Gasteiger partial charge in [0.2, 0.25) is 17.7 Å². The van der Waals surface area contributed by atoms with E-state index < -0.39 is 5.60 Å². The minimum absolute atomic E-state index is 0.0273. The number of nitrogens with two attached hydrogens (primary N) is 1. The number of aliphatic hydroxyl groups is 1. The van der Waals surface area contributed by atoms with Gasteiger partial charge in [-0.2, -0.15) is 4.98 Å². The summed E-state index contributed by atoms with van der Waals surface area (Å²) in [7, 11) is 0. The molecule has 4 rings (SSSR count). The second-order valence-electron chi connectivity index (χ2n) is 8.84. The number of rotatable bonds is 7. The van der Waals surface area contributed by atoms with Crippen molar-refractivity contribution in [2.45, 2.75) is 58.2 Å². The second-order valence-corrected chi connectivity index (χ2v) is 9.87. The second kappa shape index (κ2) is 9.44. The van der Waals surface area contributed by atoms with Gasteiger partial charge in [-0.05, 0) is 69.7 Å². The lowest BCUT2D eigenvalue weighted by molar-refractivity contribution is -0.124. The van der Waals surface area contributed by atoms with Crippen LogP contribution in [-0.4, -0.2) is 32.1 Å². The van der Waals surface area contributed by atoms with Crippen molar-refractivity contribution in [2.24, 2.45) is 11.7 Å².